The number of ether oxygens (including phenoxy) is 3. The monoisotopic (exact) mass is 242 g/mol. The quantitative estimate of drug-likeness (QED) is 0.346. The van der Waals surface area contributed by atoms with Gasteiger partial charge in [0.15, 0.2) is 6.10 Å². The maximum atomic E-state index is 11.0. The predicted octanol–water partition coefficient (Wildman–Crippen LogP) is 1.24. The Labute approximate surface area is 101 Å². The van der Waals surface area contributed by atoms with Crippen molar-refractivity contribution in [2.45, 2.75) is 19.4 Å². The van der Waals surface area contributed by atoms with Crippen molar-refractivity contribution in [1.82, 2.24) is 0 Å². The lowest BCUT2D eigenvalue weighted by Crippen LogP contribution is -2.29. The molecule has 5 nitrogen and oxygen atoms in total. The van der Waals surface area contributed by atoms with Crippen LogP contribution in [-0.4, -0.2) is 37.9 Å². The van der Waals surface area contributed by atoms with Crippen LogP contribution in [0.1, 0.15) is 13.3 Å². The lowest BCUT2D eigenvalue weighted by molar-refractivity contribution is -0.156. The molecule has 0 aromatic carbocycles. The SMILES string of the molecule is C=CC(=O)OCC(COCCC)OC(=O)C=C. The van der Waals surface area contributed by atoms with Gasteiger partial charge < -0.3 is 14.2 Å². The maximum absolute atomic E-state index is 11.0. The fourth-order valence-corrected chi connectivity index (χ4v) is 0.922. The van der Waals surface area contributed by atoms with Crippen LogP contribution in [0, 0.1) is 0 Å². The van der Waals surface area contributed by atoms with Crippen LogP contribution in [0.4, 0.5) is 0 Å². The summed E-state index contributed by atoms with van der Waals surface area (Å²) >= 11 is 0. The molecule has 1 unspecified atom stereocenters. The number of esters is 2. The van der Waals surface area contributed by atoms with Crippen LogP contribution in [-0.2, 0) is 23.8 Å². The van der Waals surface area contributed by atoms with Gasteiger partial charge in [-0.05, 0) is 6.42 Å². The van der Waals surface area contributed by atoms with Gasteiger partial charge in [0.1, 0.15) is 6.61 Å². The molecule has 1 atom stereocenters. The number of carbonyl (C=O) groups is 2. The van der Waals surface area contributed by atoms with Gasteiger partial charge in [-0.2, -0.15) is 0 Å². The van der Waals surface area contributed by atoms with E-state index in [4.69, 9.17) is 14.2 Å². The Bertz CT molecular complexity index is 272. The van der Waals surface area contributed by atoms with Gasteiger partial charge in [-0.3, -0.25) is 0 Å². The number of carbonyl (C=O) groups excluding carboxylic acids is 2. The summed E-state index contributed by atoms with van der Waals surface area (Å²) in [5.74, 6) is -1.15. The highest BCUT2D eigenvalue weighted by atomic mass is 16.6. The first kappa shape index (κ1) is 15.4. The molecule has 0 spiro atoms. The molecule has 0 aromatic heterocycles. The Morgan fingerprint density at radius 1 is 1.18 bits per heavy atom. The van der Waals surface area contributed by atoms with Crippen LogP contribution in [0.5, 0.6) is 0 Å². The van der Waals surface area contributed by atoms with E-state index in [1.807, 2.05) is 6.92 Å². The first-order valence-electron chi connectivity index (χ1n) is 5.34. The Balaban J connectivity index is 4.08. The predicted molar refractivity (Wildman–Crippen MR) is 62.3 cm³/mol. The molecule has 0 aromatic rings. The molecule has 0 bridgehead atoms. The molecule has 0 saturated carbocycles. The van der Waals surface area contributed by atoms with Crippen molar-refractivity contribution < 1.29 is 23.8 Å². The van der Waals surface area contributed by atoms with Gasteiger partial charge in [-0.1, -0.05) is 20.1 Å². The first-order chi connectivity index (χ1) is 8.13. The molecule has 17 heavy (non-hydrogen) atoms. The standard InChI is InChI=1S/C12H18O5/c1-4-7-15-8-10(17-12(14)6-3)9-16-11(13)5-2/h5-6,10H,2-4,7-9H2,1H3. The van der Waals surface area contributed by atoms with Gasteiger partial charge in [0, 0.05) is 18.8 Å². The van der Waals surface area contributed by atoms with Crippen molar-refractivity contribution in [2.75, 3.05) is 19.8 Å². The molecule has 0 aliphatic rings. The number of hydrogen-bond donors (Lipinski definition) is 0. The van der Waals surface area contributed by atoms with Gasteiger partial charge in [-0.25, -0.2) is 9.59 Å². The second-order valence-corrected chi connectivity index (χ2v) is 3.17. The van der Waals surface area contributed by atoms with E-state index in [1.54, 1.807) is 0 Å². The van der Waals surface area contributed by atoms with Crippen molar-refractivity contribution in [1.29, 1.82) is 0 Å². The highest BCUT2D eigenvalue weighted by molar-refractivity contribution is 5.82. The molecule has 0 radical (unpaired) electrons. The van der Waals surface area contributed by atoms with Gasteiger partial charge in [0.05, 0.1) is 6.61 Å². The summed E-state index contributed by atoms with van der Waals surface area (Å²) in [6.45, 7) is 9.17. The normalized spacial score (nSPS) is 11.4. The third kappa shape index (κ3) is 8.21. The van der Waals surface area contributed by atoms with Crippen LogP contribution in [0.15, 0.2) is 25.3 Å². The largest absolute Gasteiger partial charge is 0.458 e. The highest BCUT2D eigenvalue weighted by Crippen LogP contribution is 1.98. The fourth-order valence-electron chi connectivity index (χ4n) is 0.922. The number of rotatable bonds is 9. The summed E-state index contributed by atoms with van der Waals surface area (Å²) < 4.78 is 15.0. The van der Waals surface area contributed by atoms with E-state index in [0.29, 0.717) is 6.61 Å². The lowest BCUT2D eigenvalue weighted by atomic mass is 10.4. The van der Waals surface area contributed by atoms with E-state index < -0.39 is 18.0 Å². The van der Waals surface area contributed by atoms with E-state index >= 15 is 0 Å². The summed E-state index contributed by atoms with van der Waals surface area (Å²) in [6.07, 6.45) is 2.31. The van der Waals surface area contributed by atoms with Crippen molar-refractivity contribution in [3.63, 3.8) is 0 Å². The molecule has 0 saturated heterocycles. The van der Waals surface area contributed by atoms with Crippen LogP contribution >= 0.6 is 0 Å². The molecule has 96 valence electrons. The van der Waals surface area contributed by atoms with Gasteiger partial charge in [-0.15, -0.1) is 0 Å². The van der Waals surface area contributed by atoms with Crippen LogP contribution in [0.3, 0.4) is 0 Å². The van der Waals surface area contributed by atoms with Gasteiger partial charge >= 0.3 is 11.9 Å². The van der Waals surface area contributed by atoms with E-state index in [-0.39, 0.29) is 13.2 Å². The molecular formula is C12H18O5. The van der Waals surface area contributed by atoms with Crippen LogP contribution < -0.4 is 0 Å². The van der Waals surface area contributed by atoms with Gasteiger partial charge in [0.25, 0.3) is 0 Å². The van der Waals surface area contributed by atoms with Crippen LogP contribution in [0.25, 0.3) is 0 Å². The maximum Gasteiger partial charge on any atom is 0.330 e. The van der Waals surface area contributed by atoms with E-state index in [0.717, 1.165) is 18.6 Å². The van der Waals surface area contributed by atoms with E-state index in [2.05, 4.69) is 13.2 Å². The minimum Gasteiger partial charge on any atom is -0.458 e. The Kier molecular flexibility index (Phi) is 8.68. The average molecular weight is 242 g/mol. The second kappa shape index (κ2) is 9.59. The van der Waals surface area contributed by atoms with Crippen molar-refractivity contribution in [2.24, 2.45) is 0 Å². The zero-order valence-electron chi connectivity index (χ0n) is 10.0. The van der Waals surface area contributed by atoms with Crippen molar-refractivity contribution in [3.8, 4) is 0 Å². The molecule has 0 rings (SSSR count). The highest BCUT2D eigenvalue weighted by Gasteiger charge is 2.15. The molecule has 0 aliphatic heterocycles. The van der Waals surface area contributed by atoms with Gasteiger partial charge in [0.2, 0.25) is 0 Å². The van der Waals surface area contributed by atoms with Crippen LogP contribution in [0.2, 0.25) is 0 Å². The fraction of sp³-hybridized carbons (Fsp3) is 0.500. The minimum absolute atomic E-state index is 0.0614. The summed E-state index contributed by atoms with van der Waals surface area (Å²) in [6, 6.07) is 0. The molecule has 0 heterocycles. The summed E-state index contributed by atoms with van der Waals surface area (Å²) in [5, 5.41) is 0. The average Bonchev–Trinajstić information content (AvgIpc) is 2.35. The second-order valence-electron chi connectivity index (χ2n) is 3.17. The molecule has 0 amide bonds. The molecule has 0 N–H and O–H groups in total. The molecule has 5 heteroatoms. The third-order valence-corrected chi connectivity index (χ3v) is 1.68. The van der Waals surface area contributed by atoms with Crippen molar-refractivity contribution >= 4 is 11.9 Å². The lowest BCUT2D eigenvalue weighted by Gasteiger charge is -2.16. The van der Waals surface area contributed by atoms with E-state index in [1.165, 1.54) is 0 Å². The Hall–Kier alpha value is -1.62. The summed E-state index contributed by atoms with van der Waals surface area (Å²) in [7, 11) is 0. The molecular weight excluding hydrogens is 224 g/mol. The minimum atomic E-state index is -0.629. The van der Waals surface area contributed by atoms with E-state index in [9.17, 15) is 9.59 Å². The first-order valence-corrected chi connectivity index (χ1v) is 5.34. The zero-order chi connectivity index (χ0) is 13.1. The van der Waals surface area contributed by atoms with Crippen molar-refractivity contribution in [3.05, 3.63) is 25.3 Å². The number of hydrogen-bond acceptors (Lipinski definition) is 5. The molecule has 0 fully saturated rings. The summed E-state index contributed by atoms with van der Waals surface area (Å²) in [4.78, 5) is 21.9. The molecule has 0 aliphatic carbocycles. The smallest absolute Gasteiger partial charge is 0.330 e. The Morgan fingerprint density at radius 2 is 1.82 bits per heavy atom. The third-order valence-electron chi connectivity index (χ3n) is 1.68. The zero-order valence-corrected chi connectivity index (χ0v) is 10.0. The topological polar surface area (TPSA) is 61.8 Å². The Morgan fingerprint density at radius 3 is 2.35 bits per heavy atom. The summed E-state index contributed by atoms with van der Waals surface area (Å²) in [5.41, 5.74) is 0.